The van der Waals surface area contributed by atoms with Crippen LogP contribution in [0.5, 0.6) is 0 Å². The average Bonchev–Trinajstić information content (AvgIpc) is 2.53. The van der Waals surface area contributed by atoms with Crippen LogP contribution in [0, 0.1) is 0 Å². The maximum atomic E-state index is 11.4. The summed E-state index contributed by atoms with van der Waals surface area (Å²) in [5.74, 6) is -0.213. The first-order chi connectivity index (χ1) is 5.79. The van der Waals surface area contributed by atoms with Crippen molar-refractivity contribution in [1.29, 1.82) is 0 Å². The molecule has 2 rings (SSSR count). The van der Waals surface area contributed by atoms with Crippen LogP contribution in [-0.2, 0) is 4.79 Å². The van der Waals surface area contributed by atoms with Crippen LogP contribution in [0.4, 0.5) is 0 Å². The van der Waals surface area contributed by atoms with Crippen LogP contribution < -0.4 is 0 Å². The van der Waals surface area contributed by atoms with Crippen molar-refractivity contribution in [2.45, 2.75) is 6.42 Å². The third kappa shape index (κ3) is 1.04. The van der Waals surface area contributed by atoms with E-state index in [1.165, 1.54) is 16.2 Å². The quantitative estimate of drug-likeness (QED) is 0.481. The molecule has 0 unspecified atom stereocenters. The average molecular weight is 181 g/mol. The summed E-state index contributed by atoms with van der Waals surface area (Å²) in [5.41, 5.74) is 0. The monoisotopic (exact) mass is 181 g/mol. The SMILES string of the molecule is O=C1CCN1C(=O)c1cccs1. The summed E-state index contributed by atoms with van der Waals surface area (Å²) in [5, 5.41) is 1.83. The van der Waals surface area contributed by atoms with E-state index in [-0.39, 0.29) is 11.8 Å². The zero-order valence-corrected chi connectivity index (χ0v) is 7.13. The highest BCUT2D eigenvalue weighted by atomic mass is 32.1. The van der Waals surface area contributed by atoms with Crippen molar-refractivity contribution in [3.8, 4) is 0 Å². The van der Waals surface area contributed by atoms with Crippen LogP contribution in [0.15, 0.2) is 17.5 Å². The zero-order valence-electron chi connectivity index (χ0n) is 6.32. The molecule has 12 heavy (non-hydrogen) atoms. The Morgan fingerprint density at radius 1 is 1.58 bits per heavy atom. The second-order valence-electron chi connectivity index (χ2n) is 2.58. The molecule has 1 aromatic rings. The van der Waals surface area contributed by atoms with Gasteiger partial charge in [0.1, 0.15) is 0 Å². The predicted molar refractivity (Wildman–Crippen MR) is 45.0 cm³/mol. The number of rotatable bonds is 1. The molecule has 0 bridgehead atoms. The molecule has 0 aliphatic carbocycles. The van der Waals surface area contributed by atoms with Crippen molar-refractivity contribution in [2.75, 3.05) is 6.54 Å². The van der Waals surface area contributed by atoms with Gasteiger partial charge < -0.3 is 0 Å². The Hall–Kier alpha value is -1.16. The molecule has 2 amide bonds. The first-order valence-corrected chi connectivity index (χ1v) is 4.55. The van der Waals surface area contributed by atoms with Crippen LogP contribution in [0.2, 0.25) is 0 Å². The molecule has 1 aromatic heterocycles. The normalized spacial score (nSPS) is 16.0. The Morgan fingerprint density at radius 3 is 2.83 bits per heavy atom. The molecule has 1 aliphatic heterocycles. The molecule has 1 aliphatic rings. The smallest absolute Gasteiger partial charge is 0.270 e. The molecule has 0 atom stereocenters. The summed E-state index contributed by atoms with van der Waals surface area (Å²) in [6.07, 6.45) is 0.511. The third-order valence-corrected chi connectivity index (χ3v) is 2.69. The summed E-state index contributed by atoms with van der Waals surface area (Å²) in [6.45, 7) is 0.579. The summed E-state index contributed by atoms with van der Waals surface area (Å²) in [7, 11) is 0. The van der Waals surface area contributed by atoms with Gasteiger partial charge in [0.15, 0.2) is 0 Å². The first kappa shape index (κ1) is 7.49. The summed E-state index contributed by atoms with van der Waals surface area (Å²) in [6, 6.07) is 3.54. The Kier molecular flexibility index (Phi) is 1.69. The number of β-lactam (4-membered cyclic amide) rings is 1. The zero-order chi connectivity index (χ0) is 8.55. The van der Waals surface area contributed by atoms with Gasteiger partial charge >= 0.3 is 0 Å². The second-order valence-corrected chi connectivity index (χ2v) is 3.53. The molecule has 2 heterocycles. The van der Waals surface area contributed by atoms with E-state index in [0.717, 1.165) is 0 Å². The van der Waals surface area contributed by atoms with Gasteiger partial charge in [-0.1, -0.05) is 6.07 Å². The van der Waals surface area contributed by atoms with E-state index < -0.39 is 0 Å². The minimum atomic E-state index is -0.152. The molecular weight excluding hydrogens is 174 g/mol. The maximum Gasteiger partial charge on any atom is 0.270 e. The van der Waals surface area contributed by atoms with E-state index in [4.69, 9.17) is 0 Å². The fourth-order valence-electron chi connectivity index (χ4n) is 1.06. The number of hydrogen-bond acceptors (Lipinski definition) is 3. The molecule has 3 nitrogen and oxygen atoms in total. The minimum Gasteiger partial charge on any atom is -0.277 e. The lowest BCUT2D eigenvalue weighted by molar-refractivity contribution is -0.135. The Morgan fingerprint density at radius 2 is 2.42 bits per heavy atom. The standard InChI is InChI=1S/C8H7NO2S/c10-7-3-4-9(7)8(11)6-2-1-5-12-6/h1-2,5H,3-4H2. The third-order valence-electron chi connectivity index (χ3n) is 1.83. The van der Waals surface area contributed by atoms with E-state index in [1.807, 2.05) is 11.4 Å². The van der Waals surface area contributed by atoms with Gasteiger partial charge in [0.25, 0.3) is 5.91 Å². The molecular formula is C8H7NO2S. The maximum absolute atomic E-state index is 11.4. The molecule has 62 valence electrons. The summed E-state index contributed by atoms with van der Waals surface area (Å²) >= 11 is 1.37. The number of nitrogens with zero attached hydrogens (tertiary/aromatic N) is 1. The molecule has 0 N–H and O–H groups in total. The number of thiophene rings is 1. The highest BCUT2D eigenvalue weighted by Gasteiger charge is 2.30. The fourth-order valence-corrected chi connectivity index (χ4v) is 1.73. The van der Waals surface area contributed by atoms with E-state index in [2.05, 4.69) is 0 Å². The molecule has 1 fully saturated rings. The van der Waals surface area contributed by atoms with Crippen molar-refractivity contribution in [1.82, 2.24) is 4.90 Å². The Bertz CT molecular complexity index is 318. The predicted octanol–water partition coefficient (Wildman–Crippen LogP) is 1.12. The van der Waals surface area contributed by atoms with Crippen molar-refractivity contribution < 1.29 is 9.59 Å². The van der Waals surface area contributed by atoms with Crippen molar-refractivity contribution in [3.05, 3.63) is 22.4 Å². The fraction of sp³-hybridized carbons (Fsp3) is 0.250. The largest absolute Gasteiger partial charge is 0.277 e. The molecule has 1 saturated heterocycles. The first-order valence-electron chi connectivity index (χ1n) is 3.67. The van der Waals surface area contributed by atoms with Crippen LogP contribution in [0.25, 0.3) is 0 Å². The summed E-state index contributed by atoms with van der Waals surface area (Å²) in [4.78, 5) is 24.2. The van der Waals surface area contributed by atoms with Gasteiger partial charge in [-0.05, 0) is 11.4 Å². The van der Waals surface area contributed by atoms with Crippen LogP contribution in [0.3, 0.4) is 0 Å². The van der Waals surface area contributed by atoms with E-state index in [0.29, 0.717) is 17.8 Å². The Labute approximate surface area is 73.6 Å². The van der Waals surface area contributed by atoms with Gasteiger partial charge in [-0.25, -0.2) is 0 Å². The van der Waals surface area contributed by atoms with Gasteiger partial charge in [0.05, 0.1) is 4.88 Å². The minimum absolute atomic E-state index is 0.0617. The van der Waals surface area contributed by atoms with Crippen LogP contribution in [0.1, 0.15) is 16.1 Å². The lowest BCUT2D eigenvalue weighted by atomic mass is 10.2. The van der Waals surface area contributed by atoms with Crippen LogP contribution >= 0.6 is 11.3 Å². The number of carbonyl (C=O) groups is 2. The number of amides is 2. The topological polar surface area (TPSA) is 37.4 Å². The van der Waals surface area contributed by atoms with E-state index in [1.54, 1.807) is 6.07 Å². The van der Waals surface area contributed by atoms with Gasteiger partial charge in [-0.15, -0.1) is 11.3 Å². The number of likely N-dealkylation sites (tertiary alicyclic amines) is 1. The molecule has 0 aromatic carbocycles. The lowest BCUT2D eigenvalue weighted by Gasteiger charge is -2.27. The number of carbonyl (C=O) groups excluding carboxylic acids is 2. The molecule has 0 spiro atoms. The van der Waals surface area contributed by atoms with Gasteiger partial charge in [0, 0.05) is 13.0 Å². The van der Waals surface area contributed by atoms with Crippen LogP contribution in [-0.4, -0.2) is 23.3 Å². The Balaban J connectivity index is 2.16. The van der Waals surface area contributed by atoms with Gasteiger partial charge in [-0.2, -0.15) is 0 Å². The van der Waals surface area contributed by atoms with Crippen molar-refractivity contribution >= 4 is 23.2 Å². The number of hydrogen-bond donors (Lipinski definition) is 0. The van der Waals surface area contributed by atoms with Gasteiger partial charge in [0.2, 0.25) is 5.91 Å². The van der Waals surface area contributed by atoms with Gasteiger partial charge in [-0.3, -0.25) is 14.5 Å². The lowest BCUT2D eigenvalue weighted by Crippen LogP contribution is -2.47. The van der Waals surface area contributed by atoms with Crippen molar-refractivity contribution in [3.63, 3.8) is 0 Å². The van der Waals surface area contributed by atoms with Crippen molar-refractivity contribution in [2.24, 2.45) is 0 Å². The van der Waals surface area contributed by atoms with E-state index in [9.17, 15) is 9.59 Å². The second kappa shape index (κ2) is 2.71. The molecule has 4 heteroatoms. The molecule has 0 saturated carbocycles. The highest BCUT2D eigenvalue weighted by molar-refractivity contribution is 7.12. The highest BCUT2D eigenvalue weighted by Crippen LogP contribution is 2.17. The number of imide groups is 1. The molecule has 0 radical (unpaired) electrons. The van der Waals surface area contributed by atoms with E-state index >= 15 is 0 Å². The summed E-state index contributed by atoms with van der Waals surface area (Å²) < 4.78 is 0.